The highest BCUT2D eigenvalue weighted by Crippen LogP contribution is 2.10. The van der Waals surface area contributed by atoms with Gasteiger partial charge >= 0.3 is 0 Å². The molecule has 0 aliphatic rings. The molecule has 74 valence electrons. The largest absolute Gasteiger partial charge is 0.316 e. The third-order valence-corrected chi connectivity index (χ3v) is 2.49. The topological polar surface area (TPSA) is 12.0 Å². The van der Waals surface area contributed by atoms with Crippen LogP contribution in [-0.2, 0) is 0 Å². The van der Waals surface area contributed by atoms with Gasteiger partial charge in [0.1, 0.15) is 0 Å². The van der Waals surface area contributed by atoms with Crippen molar-refractivity contribution in [3.63, 3.8) is 0 Å². The lowest BCUT2D eigenvalue weighted by Crippen LogP contribution is -2.24. The minimum Gasteiger partial charge on any atom is -0.316 e. The molecular formula is C10H23NS. The van der Waals surface area contributed by atoms with Gasteiger partial charge in [0.25, 0.3) is 0 Å². The lowest BCUT2D eigenvalue weighted by Gasteiger charge is -2.14. The van der Waals surface area contributed by atoms with Crippen LogP contribution in [0.15, 0.2) is 0 Å². The molecular weight excluding hydrogens is 166 g/mol. The summed E-state index contributed by atoms with van der Waals surface area (Å²) in [6.45, 7) is 6.76. The SMILES string of the molecule is CCCCC(CC)CNCCS. The molecule has 1 atom stereocenters. The Labute approximate surface area is 82.7 Å². The Morgan fingerprint density at radius 3 is 2.58 bits per heavy atom. The number of rotatable bonds is 8. The molecule has 0 aliphatic heterocycles. The Morgan fingerprint density at radius 1 is 1.33 bits per heavy atom. The quantitative estimate of drug-likeness (QED) is 0.442. The molecule has 0 aromatic rings. The minimum atomic E-state index is 0.879. The summed E-state index contributed by atoms with van der Waals surface area (Å²) in [7, 11) is 0. The highest BCUT2D eigenvalue weighted by molar-refractivity contribution is 7.80. The summed E-state index contributed by atoms with van der Waals surface area (Å²) in [5.74, 6) is 1.83. The summed E-state index contributed by atoms with van der Waals surface area (Å²) >= 11 is 4.16. The smallest absolute Gasteiger partial charge is 0.00398 e. The van der Waals surface area contributed by atoms with Crippen LogP contribution in [-0.4, -0.2) is 18.8 Å². The number of unbranched alkanes of at least 4 members (excludes halogenated alkanes) is 1. The lowest BCUT2D eigenvalue weighted by atomic mass is 9.99. The molecule has 0 aromatic heterocycles. The molecule has 1 N–H and O–H groups in total. The van der Waals surface area contributed by atoms with Gasteiger partial charge in [-0.15, -0.1) is 0 Å². The maximum absolute atomic E-state index is 4.16. The molecule has 1 unspecified atom stereocenters. The van der Waals surface area contributed by atoms with Crippen molar-refractivity contribution in [3.05, 3.63) is 0 Å². The number of hydrogen-bond acceptors (Lipinski definition) is 2. The van der Waals surface area contributed by atoms with E-state index >= 15 is 0 Å². The van der Waals surface area contributed by atoms with E-state index in [1.165, 1.54) is 32.2 Å². The van der Waals surface area contributed by atoms with Crippen molar-refractivity contribution >= 4 is 12.6 Å². The van der Waals surface area contributed by atoms with Crippen molar-refractivity contribution in [2.75, 3.05) is 18.8 Å². The third kappa shape index (κ3) is 6.99. The van der Waals surface area contributed by atoms with E-state index in [9.17, 15) is 0 Å². The highest BCUT2D eigenvalue weighted by Gasteiger charge is 2.03. The fraction of sp³-hybridized carbons (Fsp3) is 1.00. The van der Waals surface area contributed by atoms with Crippen LogP contribution in [0.1, 0.15) is 39.5 Å². The summed E-state index contributed by atoms with van der Waals surface area (Å²) in [4.78, 5) is 0. The zero-order valence-electron chi connectivity index (χ0n) is 8.47. The fourth-order valence-corrected chi connectivity index (χ4v) is 1.49. The minimum absolute atomic E-state index is 0.879. The molecule has 0 aromatic carbocycles. The lowest BCUT2D eigenvalue weighted by molar-refractivity contribution is 0.425. The third-order valence-electron chi connectivity index (χ3n) is 2.26. The predicted octanol–water partition coefficient (Wildman–Crippen LogP) is 2.72. The van der Waals surface area contributed by atoms with Crippen LogP contribution in [0.3, 0.4) is 0 Å². The summed E-state index contributed by atoms with van der Waals surface area (Å²) in [5.41, 5.74) is 0. The van der Waals surface area contributed by atoms with Crippen LogP contribution in [0.5, 0.6) is 0 Å². The second-order valence-corrected chi connectivity index (χ2v) is 3.79. The summed E-state index contributed by atoms with van der Waals surface area (Å²) < 4.78 is 0. The van der Waals surface area contributed by atoms with E-state index in [2.05, 4.69) is 31.8 Å². The Bertz CT molecular complexity index is 85.9. The van der Waals surface area contributed by atoms with Crippen molar-refractivity contribution in [1.29, 1.82) is 0 Å². The van der Waals surface area contributed by atoms with E-state index in [0.717, 1.165) is 18.2 Å². The average molecular weight is 189 g/mol. The first kappa shape index (κ1) is 12.3. The summed E-state index contributed by atoms with van der Waals surface area (Å²) in [6, 6.07) is 0. The van der Waals surface area contributed by atoms with Gasteiger partial charge in [0, 0.05) is 12.3 Å². The second-order valence-electron chi connectivity index (χ2n) is 3.34. The first-order valence-electron chi connectivity index (χ1n) is 5.16. The van der Waals surface area contributed by atoms with Gasteiger partial charge in [0.2, 0.25) is 0 Å². The van der Waals surface area contributed by atoms with Crippen molar-refractivity contribution < 1.29 is 0 Å². The molecule has 0 radical (unpaired) electrons. The van der Waals surface area contributed by atoms with Gasteiger partial charge in [-0.25, -0.2) is 0 Å². The molecule has 0 heterocycles. The monoisotopic (exact) mass is 189 g/mol. The van der Waals surface area contributed by atoms with Gasteiger partial charge < -0.3 is 5.32 Å². The van der Waals surface area contributed by atoms with Crippen LogP contribution >= 0.6 is 12.6 Å². The maximum Gasteiger partial charge on any atom is 0.00398 e. The van der Waals surface area contributed by atoms with Crippen molar-refractivity contribution in [2.24, 2.45) is 5.92 Å². The zero-order chi connectivity index (χ0) is 9.23. The standard InChI is InChI=1S/C10H23NS/c1-3-5-6-10(4-2)9-11-7-8-12/h10-12H,3-9H2,1-2H3. The van der Waals surface area contributed by atoms with Crippen LogP contribution in [0, 0.1) is 5.92 Å². The van der Waals surface area contributed by atoms with E-state index in [1.807, 2.05) is 0 Å². The van der Waals surface area contributed by atoms with E-state index in [0.29, 0.717) is 0 Å². The van der Waals surface area contributed by atoms with Gasteiger partial charge in [0.05, 0.1) is 0 Å². The van der Waals surface area contributed by atoms with E-state index < -0.39 is 0 Å². The number of hydrogen-bond donors (Lipinski definition) is 2. The van der Waals surface area contributed by atoms with E-state index in [1.54, 1.807) is 0 Å². The fourth-order valence-electron chi connectivity index (χ4n) is 1.33. The molecule has 0 bridgehead atoms. The van der Waals surface area contributed by atoms with Crippen molar-refractivity contribution in [1.82, 2.24) is 5.32 Å². The average Bonchev–Trinajstić information content (AvgIpc) is 2.11. The van der Waals surface area contributed by atoms with Gasteiger partial charge in [-0.3, -0.25) is 0 Å². The molecule has 0 saturated heterocycles. The van der Waals surface area contributed by atoms with Crippen LogP contribution < -0.4 is 5.32 Å². The summed E-state index contributed by atoms with van der Waals surface area (Å²) in [5, 5.41) is 3.42. The van der Waals surface area contributed by atoms with Gasteiger partial charge in [-0.05, 0) is 18.9 Å². The molecule has 0 amide bonds. The van der Waals surface area contributed by atoms with E-state index in [-0.39, 0.29) is 0 Å². The Balaban J connectivity index is 3.26. The number of nitrogens with one attached hydrogen (secondary N) is 1. The highest BCUT2D eigenvalue weighted by atomic mass is 32.1. The van der Waals surface area contributed by atoms with Gasteiger partial charge in [-0.1, -0.05) is 33.1 Å². The Hall–Kier alpha value is 0.310. The number of thiol groups is 1. The molecule has 12 heavy (non-hydrogen) atoms. The molecule has 0 fully saturated rings. The molecule has 2 heteroatoms. The molecule has 1 nitrogen and oxygen atoms in total. The summed E-state index contributed by atoms with van der Waals surface area (Å²) in [6.07, 6.45) is 5.39. The van der Waals surface area contributed by atoms with Crippen LogP contribution in [0.4, 0.5) is 0 Å². The molecule has 0 rings (SSSR count). The molecule has 0 aliphatic carbocycles. The molecule has 0 spiro atoms. The van der Waals surface area contributed by atoms with Crippen molar-refractivity contribution in [3.8, 4) is 0 Å². The Morgan fingerprint density at radius 2 is 2.08 bits per heavy atom. The van der Waals surface area contributed by atoms with Crippen LogP contribution in [0.2, 0.25) is 0 Å². The van der Waals surface area contributed by atoms with Crippen molar-refractivity contribution in [2.45, 2.75) is 39.5 Å². The second kappa shape index (κ2) is 9.40. The van der Waals surface area contributed by atoms with E-state index in [4.69, 9.17) is 0 Å². The normalized spacial score (nSPS) is 13.2. The predicted molar refractivity (Wildman–Crippen MR) is 60.0 cm³/mol. The maximum atomic E-state index is 4.16. The Kier molecular flexibility index (Phi) is 9.64. The zero-order valence-corrected chi connectivity index (χ0v) is 9.37. The van der Waals surface area contributed by atoms with Gasteiger partial charge in [0.15, 0.2) is 0 Å². The first-order valence-corrected chi connectivity index (χ1v) is 5.79. The first-order chi connectivity index (χ1) is 5.85. The molecule has 0 saturated carbocycles. The van der Waals surface area contributed by atoms with Crippen LogP contribution in [0.25, 0.3) is 0 Å². The van der Waals surface area contributed by atoms with Gasteiger partial charge in [-0.2, -0.15) is 12.6 Å².